The zero-order valence-electron chi connectivity index (χ0n) is 17.3. The zero-order valence-corrected chi connectivity index (χ0v) is 19.3. The first kappa shape index (κ1) is 21.8. The maximum absolute atomic E-state index is 16.7. The van der Waals surface area contributed by atoms with Crippen molar-refractivity contribution in [2.45, 2.75) is 99.0 Å². The molecule has 5 heteroatoms. The first-order valence-electron chi connectivity index (χ1n) is 8.31. The van der Waals surface area contributed by atoms with Crippen LogP contribution in [0.3, 0.4) is 0 Å². The molecule has 0 bridgehead atoms. The van der Waals surface area contributed by atoms with Crippen molar-refractivity contribution in [1.29, 1.82) is 0 Å². The van der Waals surface area contributed by atoms with Crippen LogP contribution in [0.15, 0.2) is 5.10 Å². The predicted octanol–water partition coefficient (Wildman–Crippen LogP) is 6.56. The summed E-state index contributed by atoms with van der Waals surface area (Å²) in [5.41, 5.74) is 0.973. The molecule has 0 atom stereocenters. The van der Waals surface area contributed by atoms with Gasteiger partial charge in [-0.25, -0.2) is 5.10 Å². The lowest BCUT2D eigenvalue weighted by molar-refractivity contribution is 0.408. The normalized spacial score (nSPS) is 16.0. The molecule has 0 radical (unpaired) electrons. The molecule has 0 aliphatic heterocycles. The average molecular weight is 347 g/mol. The second-order valence-corrected chi connectivity index (χ2v) is 20.4. The first-order valence-corrected chi connectivity index (χ1v) is 13.6. The second kappa shape index (κ2) is 6.04. The standard InChI is InChI=1S/C17H39FN2Si2/c1-14(15(2,3)4)19-20(21(11,12)13)22(18,16(5,6)7)17(8,9)10/h1-13H3/b19-14+. The Bertz CT molecular complexity index is 404. The van der Waals surface area contributed by atoms with Gasteiger partial charge in [0.05, 0.1) is 0 Å². The smallest absolute Gasteiger partial charge is 0.322 e. The van der Waals surface area contributed by atoms with Gasteiger partial charge < -0.3 is 4.34 Å². The van der Waals surface area contributed by atoms with E-state index in [4.69, 9.17) is 5.10 Å². The Morgan fingerprint density at radius 3 is 1.32 bits per heavy atom. The topological polar surface area (TPSA) is 15.6 Å². The third-order valence-corrected chi connectivity index (χ3v) is 13.2. The van der Waals surface area contributed by atoms with E-state index in [0.29, 0.717) is 0 Å². The molecular weight excluding hydrogens is 307 g/mol. The van der Waals surface area contributed by atoms with Crippen molar-refractivity contribution in [3.63, 3.8) is 0 Å². The molecule has 0 aromatic heterocycles. The fourth-order valence-corrected chi connectivity index (χ4v) is 12.7. The molecule has 0 heterocycles. The van der Waals surface area contributed by atoms with Gasteiger partial charge in [0.25, 0.3) is 0 Å². The average Bonchev–Trinajstić information content (AvgIpc) is 2.17. The third kappa shape index (κ3) is 4.43. The van der Waals surface area contributed by atoms with Crippen molar-refractivity contribution >= 4 is 22.5 Å². The van der Waals surface area contributed by atoms with E-state index in [2.05, 4.69) is 40.4 Å². The lowest BCUT2D eigenvalue weighted by atomic mass is 9.91. The molecule has 0 aromatic carbocycles. The summed E-state index contributed by atoms with van der Waals surface area (Å²) in [5.74, 6) is 0. The third-order valence-electron chi connectivity index (χ3n) is 4.25. The van der Waals surface area contributed by atoms with Crippen LogP contribution >= 0.6 is 0 Å². The second-order valence-electron chi connectivity index (χ2n) is 10.5. The molecule has 0 amide bonds. The molecule has 2 nitrogen and oxygen atoms in total. The van der Waals surface area contributed by atoms with E-state index in [1.165, 1.54) is 0 Å². The van der Waals surface area contributed by atoms with Gasteiger partial charge in [-0.2, -0.15) is 0 Å². The molecule has 22 heavy (non-hydrogen) atoms. The van der Waals surface area contributed by atoms with E-state index in [1.54, 1.807) is 0 Å². The Morgan fingerprint density at radius 1 is 0.818 bits per heavy atom. The van der Waals surface area contributed by atoms with Crippen LogP contribution in [0.1, 0.15) is 69.2 Å². The van der Waals surface area contributed by atoms with Gasteiger partial charge in [0.2, 0.25) is 0 Å². The number of halogens is 1. The SMILES string of the molecule is C/C(=N\N([Si](C)(C)C)[Si](F)(C(C)(C)C)C(C)(C)C)C(C)(C)C. The number of hydrogen-bond acceptors (Lipinski definition) is 2. The number of hydrazone groups is 1. The van der Waals surface area contributed by atoms with E-state index in [0.717, 1.165) is 5.71 Å². The quantitative estimate of drug-likeness (QED) is 0.244. The van der Waals surface area contributed by atoms with Crippen molar-refractivity contribution in [3.05, 3.63) is 0 Å². The molecule has 0 spiro atoms. The van der Waals surface area contributed by atoms with Crippen LogP contribution in [0.4, 0.5) is 4.11 Å². The van der Waals surface area contributed by atoms with Gasteiger partial charge in [0.15, 0.2) is 8.24 Å². The minimum atomic E-state index is -3.35. The van der Waals surface area contributed by atoms with Gasteiger partial charge in [-0.05, 0) is 6.92 Å². The molecule has 0 rings (SSSR count). The van der Waals surface area contributed by atoms with E-state index in [-0.39, 0.29) is 5.41 Å². The summed E-state index contributed by atoms with van der Waals surface area (Å²) in [5, 5.41) is 4.13. The molecule has 132 valence electrons. The van der Waals surface area contributed by atoms with Gasteiger partial charge >= 0.3 is 8.57 Å². The maximum Gasteiger partial charge on any atom is 0.367 e. The summed E-state index contributed by atoms with van der Waals surface area (Å²) in [6.45, 7) is 27.3. The lowest BCUT2D eigenvalue weighted by Gasteiger charge is -2.54. The molecule has 0 saturated heterocycles. The Morgan fingerprint density at radius 2 is 1.14 bits per heavy atom. The van der Waals surface area contributed by atoms with E-state index in [1.807, 2.05) is 52.8 Å². The molecule has 0 N–H and O–H groups in total. The highest BCUT2D eigenvalue weighted by molar-refractivity contribution is 6.90. The van der Waals surface area contributed by atoms with Crippen molar-refractivity contribution < 1.29 is 4.11 Å². The summed E-state index contributed by atoms with van der Waals surface area (Å²) < 4.78 is 18.7. The molecular formula is C17H39FN2Si2. The van der Waals surface area contributed by atoms with Crippen LogP contribution in [-0.4, -0.2) is 26.9 Å². The van der Waals surface area contributed by atoms with Crippen LogP contribution in [0.2, 0.25) is 29.7 Å². The lowest BCUT2D eigenvalue weighted by Crippen LogP contribution is -2.67. The van der Waals surface area contributed by atoms with Crippen LogP contribution in [0.5, 0.6) is 0 Å². The summed E-state index contributed by atoms with van der Waals surface area (Å²) in [7, 11) is -5.30. The Kier molecular flexibility index (Phi) is 6.00. The highest BCUT2D eigenvalue weighted by Crippen LogP contribution is 2.55. The predicted molar refractivity (Wildman–Crippen MR) is 104 cm³/mol. The van der Waals surface area contributed by atoms with Crippen molar-refractivity contribution in [2.24, 2.45) is 10.5 Å². The molecule has 0 fully saturated rings. The van der Waals surface area contributed by atoms with E-state index < -0.39 is 26.9 Å². The summed E-state index contributed by atoms with van der Waals surface area (Å²) in [6.07, 6.45) is 0. The Balaban J connectivity index is 6.43. The summed E-state index contributed by atoms with van der Waals surface area (Å²) in [4.78, 5) is 0. The monoisotopic (exact) mass is 346 g/mol. The number of hydrogen-bond donors (Lipinski definition) is 0. The molecule has 0 saturated carbocycles. The van der Waals surface area contributed by atoms with Gasteiger partial charge in [-0.1, -0.05) is 82.0 Å². The fourth-order valence-electron chi connectivity index (χ4n) is 2.74. The van der Waals surface area contributed by atoms with Crippen molar-refractivity contribution in [2.75, 3.05) is 0 Å². The zero-order chi connectivity index (χ0) is 18.4. The minimum Gasteiger partial charge on any atom is -0.322 e. The Labute approximate surface area is 140 Å². The van der Waals surface area contributed by atoms with Crippen LogP contribution in [0.25, 0.3) is 0 Å². The summed E-state index contributed by atoms with van der Waals surface area (Å²) in [6, 6.07) is 0. The fraction of sp³-hybridized carbons (Fsp3) is 0.941. The van der Waals surface area contributed by atoms with Gasteiger partial charge in [-0.3, -0.25) is 4.11 Å². The van der Waals surface area contributed by atoms with Crippen LogP contribution in [-0.2, 0) is 0 Å². The molecule has 0 unspecified atom stereocenters. The van der Waals surface area contributed by atoms with E-state index >= 15 is 4.11 Å². The van der Waals surface area contributed by atoms with Gasteiger partial charge in [0.1, 0.15) is 0 Å². The summed E-state index contributed by atoms with van der Waals surface area (Å²) >= 11 is 0. The Hall–Kier alpha value is -0.166. The number of rotatable bonds is 3. The minimum absolute atomic E-state index is 0.0387. The molecule has 0 aromatic rings. The highest BCUT2D eigenvalue weighted by Gasteiger charge is 2.62. The van der Waals surface area contributed by atoms with Gasteiger partial charge in [0, 0.05) is 21.2 Å². The van der Waals surface area contributed by atoms with Crippen LogP contribution in [0, 0.1) is 5.41 Å². The van der Waals surface area contributed by atoms with Crippen molar-refractivity contribution in [1.82, 2.24) is 4.34 Å². The first-order chi connectivity index (χ1) is 9.26. The largest absolute Gasteiger partial charge is 0.367 e. The maximum atomic E-state index is 16.7. The van der Waals surface area contributed by atoms with Crippen LogP contribution < -0.4 is 0 Å². The van der Waals surface area contributed by atoms with Gasteiger partial charge in [-0.15, -0.1) is 0 Å². The number of nitrogens with zero attached hydrogens (tertiary/aromatic N) is 2. The van der Waals surface area contributed by atoms with Crippen molar-refractivity contribution in [3.8, 4) is 0 Å². The van der Waals surface area contributed by atoms with E-state index in [9.17, 15) is 0 Å². The molecule has 0 aliphatic carbocycles. The molecule has 0 aliphatic rings. The highest BCUT2D eigenvalue weighted by atomic mass is 28.4.